The van der Waals surface area contributed by atoms with E-state index in [1.807, 2.05) is 9.47 Å². The third-order valence-electron chi connectivity index (χ3n) is 5.98. The number of hydrogen-bond donors (Lipinski definition) is 1. The molecule has 1 saturated heterocycles. The van der Waals surface area contributed by atoms with Crippen molar-refractivity contribution in [3.8, 4) is 24.7 Å². The van der Waals surface area contributed by atoms with Crippen molar-refractivity contribution in [3.05, 3.63) is 39.9 Å². The molecule has 4 rings (SSSR count). The summed E-state index contributed by atoms with van der Waals surface area (Å²) in [5, 5.41) is 3.44. The number of piperazine rings is 1. The summed E-state index contributed by atoms with van der Waals surface area (Å²) < 4.78 is 22.3. The number of ether oxygens (including phenoxy) is 1. The van der Waals surface area contributed by atoms with Crippen LogP contribution in [0.1, 0.15) is 42.1 Å². The summed E-state index contributed by atoms with van der Waals surface area (Å²) >= 11 is 0. The number of aromatic nitrogens is 1. The van der Waals surface area contributed by atoms with Gasteiger partial charge in [-0.15, -0.1) is 24.7 Å². The van der Waals surface area contributed by atoms with Gasteiger partial charge >= 0.3 is 5.97 Å². The van der Waals surface area contributed by atoms with Crippen molar-refractivity contribution in [3.63, 3.8) is 0 Å². The highest BCUT2D eigenvalue weighted by atomic mass is 19.1. The minimum absolute atomic E-state index is 0.0322. The summed E-state index contributed by atoms with van der Waals surface area (Å²) in [6.07, 6.45) is 14.9. The van der Waals surface area contributed by atoms with Crippen LogP contribution in [0.2, 0.25) is 0 Å². The molecule has 0 spiro atoms. The van der Waals surface area contributed by atoms with Gasteiger partial charge in [-0.05, 0) is 25.0 Å². The van der Waals surface area contributed by atoms with Gasteiger partial charge in [0, 0.05) is 62.6 Å². The van der Waals surface area contributed by atoms with E-state index in [1.54, 1.807) is 12.3 Å². The molecule has 2 fully saturated rings. The van der Waals surface area contributed by atoms with E-state index in [2.05, 4.69) is 17.2 Å². The van der Waals surface area contributed by atoms with Crippen LogP contribution in [0.5, 0.6) is 0 Å². The van der Waals surface area contributed by atoms with E-state index in [0.717, 1.165) is 25.9 Å². The molecule has 166 valence electrons. The summed E-state index contributed by atoms with van der Waals surface area (Å²) in [5.74, 6) is 3.67. The van der Waals surface area contributed by atoms with E-state index >= 15 is 4.39 Å². The highest BCUT2D eigenvalue weighted by molar-refractivity contribution is 5.94. The van der Waals surface area contributed by atoms with Crippen molar-refractivity contribution >= 4 is 22.6 Å². The molecule has 0 amide bonds. The van der Waals surface area contributed by atoms with E-state index in [0.29, 0.717) is 37.1 Å². The fraction of sp³-hybridized carbons (Fsp3) is 0.440. The number of halogens is 1. The Morgan fingerprint density at radius 2 is 1.91 bits per heavy atom. The van der Waals surface area contributed by atoms with Crippen molar-refractivity contribution in [1.29, 1.82) is 0 Å². The molecule has 1 saturated carbocycles. The molecule has 2 aromatic rings. The number of rotatable bonds is 7. The van der Waals surface area contributed by atoms with Crippen LogP contribution in [0.15, 0.2) is 23.1 Å². The number of benzene rings is 1. The maximum Gasteiger partial charge on any atom is 0.343 e. The van der Waals surface area contributed by atoms with Crippen LogP contribution >= 0.6 is 0 Å². The zero-order chi connectivity index (χ0) is 22.7. The molecule has 0 bridgehead atoms. The molecule has 2 aliphatic rings. The van der Waals surface area contributed by atoms with Gasteiger partial charge < -0.3 is 19.5 Å². The lowest BCUT2D eigenvalue weighted by atomic mass is 10.0. The van der Waals surface area contributed by atoms with E-state index in [9.17, 15) is 9.59 Å². The molecule has 1 aliphatic heterocycles. The van der Waals surface area contributed by atoms with Crippen LogP contribution in [0, 0.1) is 36.4 Å². The second-order valence-corrected chi connectivity index (χ2v) is 8.35. The topological polar surface area (TPSA) is 63.6 Å². The maximum absolute atomic E-state index is 15.0. The molecule has 0 atom stereocenters. The minimum atomic E-state index is -0.739. The van der Waals surface area contributed by atoms with Gasteiger partial charge in [0.1, 0.15) is 11.4 Å². The van der Waals surface area contributed by atoms with Crippen LogP contribution in [0.25, 0.3) is 10.9 Å². The van der Waals surface area contributed by atoms with Gasteiger partial charge in [-0.1, -0.05) is 0 Å². The fourth-order valence-electron chi connectivity index (χ4n) is 4.10. The zero-order valence-corrected chi connectivity index (χ0v) is 17.9. The zero-order valence-electron chi connectivity index (χ0n) is 17.9. The first kappa shape index (κ1) is 21.9. The largest absolute Gasteiger partial charge is 0.462 e. The Balaban J connectivity index is 1.70. The molecule has 0 radical (unpaired) electrons. The van der Waals surface area contributed by atoms with E-state index in [4.69, 9.17) is 17.6 Å². The molecule has 32 heavy (non-hydrogen) atoms. The first-order valence-electron chi connectivity index (χ1n) is 10.9. The average Bonchev–Trinajstić information content (AvgIpc) is 3.64. The van der Waals surface area contributed by atoms with Crippen LogP contribution in [0.4, 0.5) is 10.1 Å². The van der Waals surface area contributed by atoms with Crippen molar-refractivity contribution in [2.24, 2.45) is 5.92 Å². The number of fused-ring (bicyclic) bond motifs is 1. The summed E-state index contributed by atoms with van der Waals surface area (Å²) in [6.45, 7) is 2.97. The predicted molar refractivity (Wildman–Crippen MR) is 122 cm³/mol. The Labute approximate surface area is 186 Å². The van der Waals surface area contributed by atoms with Gasteiger partial charge in [-0.25, -0.2) is 9.18 Å². The van der Waals surface area contributed by atoms with Gasteiger partial charge in [-0.3, -0.25) is 4.79 Å². The number of terminal acetylenes is 2. The Morgan fingerprint density at radius 1 is 1.22 bits per heavy atom. The third kappa shape index (κ3) is 4.49. The summed E-state index contributed by atoms with van der Waals surface area (Å²) in [4.78, 5) is 27.9. The number of nitrogens with zero attached hydrogens (tertiary/aromatic N) is 2. The number of anilines is 1. The van der Waals surface area contributed by atoms with Gasteiger partial charge in [0.15, 0.2) is 0 Å². The average molecular weight is 435 g/mol. The first-order valence-corrected chi connectivity index (χ1v) is 10.9. The Hall–Kier alpha value is -3.29. The smallest absolute Gasteiger partial charge is 0.343 e. The molecule has 1 aromatic carbocycles. The summed E-state index contributed by atoms with van der Waals surface area (Å²) in [7, 11) is 0. The fourth-order valence-corrected chi connectivity index (χ4v) is 4.10. The number of pyridine rings is 1. The van der Waals surface area contributed by atoms with Crippen LogP contribution < -0.4 is 15.6 Å². The van der Waals surface area contributed by atoms with Crippen molar-refractivity contribution < 1.29 is 13.9 Å². The summed E-state index contributed by atoms with van der Waals surface area (Å²) in [5.41, 5.74) is 0.494. The molecule has 7 heteroatoms. The molecule has 1 N–H and O–H groups in total. The van der Waals surface area contributed by atoms with Crippen molar-refractivity contribution in [1.82, 2.24) is 9.88 Å². The quantitative estimate of drug-likeness (QED) is 0.535. The van der Waals surface area contributed by atoms with Gasteiger partial charge in [-0.2, -0.15) is 0 Å². The second kappa shape index (κ2) is 9.46. The molecule has 1 aromatic heterocycles. The number of esters is 1. The number of nitrogens with one attached hydrogen (secondary N) is 1. The van der Waals surface area contributed by atoms with E-state index < -0.39 is 17.2 Å². The van der Waals surface area contributed by atoms with Gasteiger partial charge in [0.25, 0.3) is 0 Å². The molecule has 0 unspecified atom stereocenters. The number of hydrogen-bond acceptors (Lipinski definition) is 5. The van der Waals surface area contributed by atoms with Crippen molar-refractivity contribution in [2.45, 2.75) is 31.7 Å². The second-order valence-electron chi connectivity index (χ2n) is 8.35. The van der Waals surface area contributed by atoms with Gasteiger partial charge in [0.2, 0.25) is 5.43 Å². The maximum atomic E-state index is 15.0. The molecule has 6 nitrogen and oxygen atoms in total. The van der Waals surface area contributed by atoms with E-state index in [1.165, 1.54) is 6.07 Å². The van der Waals surface area contributed by atoms with Crippen LogP contribution in [-0.4, -0.2) is 43.3 Å². The lowest BCUT2D eigenvalue weighted by molar-refractivity contribution is 0.0442. The molecular weight excluding hydrogens is 409 g/mol. The Bertz CT molecular complexity index is 1150. The highest BCUT2D eigenvalue weighted by Gasteiger charge is 2.28. The minimum Gasteiger partial charge on any atom is -0.462 e. The molecule has 1 aliphatic carbocycles. The lowest BCUT2D eigenvalue weighted by Crippen LogP contribution is -2.43. The standard InChI is InChI=1S/C25H26FN3O3/c1-3-5-17(6-4-2)16-32-25(31)20-15-29(18-7-8-18)22-14-23(28-11-9-27-10-12-28)21(26)13-19(22)24(20)30/h1-2,13-15,17-18,27H,5-12,16H2. The number of carbonyl (C=O) groups excluding carboxylic acids is 1. The SMILES string of the molecule is C#CCC(CC#C)COC(=O)c1cn(C2CC2)c2cc(N3CCNCC3)c(F)cc2c1=O. The molecule has 2 heterocycles. The monoisotopic (exact) mass is 435 g/mol. The van der Waals surface area contributed by atoms with Crippen LogP contribution in [0.3, 0.4) is 0 Å². The van der Waals surface area contributed by atoms with Crippen LogP contribution in [-0.2, 0) is 4.74 Å². The van der Waals surface area contributed by atoms with E-state index in [-0.39, 0.29) is 29.5 Å². The van der Waals surface area contributed by atoms with Gasteiger partial charge in [0.05, 0.1) is 17.8 Å². The first-order chi connectivity index (χ1) is 15.5. The summed E-state index contributed by atoms with van der Waals surface area (Å²) in [6, 6.07) is 3.17. The predicted octanol–water partition coefficient (Wildman–Crippen LogP) is 2.70. The number of carbonyl (C=O) groups is 1. The Kier molecular flexibility index (Phi) is 6.48. The van der Waals surface area contributed by atoms with Crippen molar-refractivity contribution in [2.75, 3.05) is 37.7 Å². The Morgan fingerprint density at radius 3 is 2.53 bits per heavy atom. The highest BCUT2D eigenvalue weighted by Crippen LogP contribution is 2.38. The third-order valence-corrected chi connectivity index (χ3v) is 5.98. The molecular formula is C25H26FN3O3. The normalized spacial score (nSPS) is 16.1. The lowest BCUT2D eigenvalue weighted by Gasteiger charge is -2.30.